The molecular formula is C25H31N5O3S2. The topological polar surface area (TPSA) is 91.0 Å². The molecule has 10 heteroatoms. The molecule has 1 N–H and O–H groups in total. The number of rotatable bonds is 10. The molecule has 0 saturated heterocycles. The van der Waals surface area contributed by atoms with Crippen LogP contribution in [0.3, 0.4) is 0 Å². The lowest BCUT2D eigenvalue weighted by atomic mass is 9.88. The number of carbonyl (C=O) groups excluding carboxylic acids is 2. The minimum atomic E-state index is -0.362. The maximum absolute atomic E-state index is 12.9. The van der Waals surface area contributed by atoms with Gasteiger partial charge < -0.3 is 19.2 Å². The van der Waals surface area contributed by atoms with Crippen LogP contribution in [0.5, 0.6) is 0 Å². The van der Waals surface area contributed by atoms with Gasteiger partial charge in [-0.2, -0.15) is 0 Å². The number of ether oxygens (including phenoxy) is 1. The fraction of sp³-hybridized carbons (Fsp3) is 0.440. The van der Waals surface area contributed by atoms with Crippen LogP contribution in [0, 0.1) is 5.92 Å². The summed E-state index contributed by atoms with van der Waals surface area (Å²) < 4.78 is 9.34. The first-order chi connectivity index (χ1) is 16.9. The van der Waals surface area contributed by atoms with Crippen molar-refractivity contribution in [2.24, 2.45) is 13.0 Å². The molecule has 1 atom stereocenters. The Morgan fingerprint density at radius 3 is 2.94 bits per heavy atom. The summed E-state index contributed by atoms with van der Waals surface area (Å²) in [5.74, 6) is 0.985. The van der Waals surface area contributed by atoms with Crippen LogP contribution in [0.25, 0.3) is 0 Å². The van der Waals surface area contributed by atoms with Crippen molar-refractivity contribution in [2.75, 3.05) is 17.7 Å². The number of nitrogens with one attached hydrogen (secondary N) is 1. The van der Waals surface area contributed by atoms with E-state index in [1.165, 1.54) is 28.0 Å². The zero-order valence-corrected chi connectivity index (χ0v) is 22.0. The van der Waals surface area contributed by atoms with E-state index < -0.39 is 0 Å². The van der Waals surface area contributed by atoms with Crippen LogP contribution in [0.2, 0.25) is 0 Å². The normalized spacial score (nSPS) is 15.0. The highest BCUT2D eigenvalue weighted by Gasteiger charge is 2.29. The predicted octanol–water partition coefficient (Wildman–Crippen LogP) is 4.49. The second-order valence-electron chi connectivity index (χ2n) is 8.70. The van der Waals surface area contributed by atoms with Crippen LogP contribution in [0.4, 0.5) is 5.00 Å². The molecule has 0 aromatic carbocycles. The van der Waals surface area contributed by atoms with Gasteiger partial charge in [0.2, 0.25) is 5.91 Å². The van der Waals surface area contributed by atoms with E-state index in [4.69, 9.17) is 4.74 Å². The van der Waals surface area contributed by atoms with Crippen molar-refractivity contribution >= 4 is 40.0 Å². The number of esters is 1. The Labute approximate surface area is 213 Å². The lowest BCUT2D eigenvalue weighted by molar-refractivity contribution is -0.113. The molecular weight excluding hydrogens is 482 g/mol. The van der Waals surface area contributed by atoms with Crippen molar-refractivity contribution in [3.8, 4) is 0 Å². The standard InChI is InChI=1S/C25H31N5O3S2/c1-5-11-30-20(14-17-8-7-12-29(17)4)27-28-25(30)34-15-21(31)26-23-22(24(32)33-6-2)18-10-9-16(3)13-19(18)35-23/h5,7-8,12,16H,1,6,9-11,13-15H2,2-4H3,(H,26,31). The first-order valence-corrected chi connectivity index (χ1v) is 13.6. The molecule has 4 rings (SSSR count). The summed E-state index contributed by atoms with van der Waals surface area (Å²) in [5.41, 5.74) is 2.68. The number of carbonyl (C=O) groups is 2. The summed E-state index contributed by atoms with van der Waals surface area (Å²) >= 11 is 2.82. The highest BCUT2D eigenvalue weighted by atomic mass is 32.2. The first kappa shape index (κ1) is 25.2. The van der Waals surface area contributed by atoms with Crippen molar-refractivity contribution in [2.45, 2.75) is 51.2 Å². The van der Waals surface area contributed by atoms with E-state index in [0.717, 1.165) is 36.3 Å². The van der Waals surface area contributed by atoms with E-state index in [-0.39, 0.29) is 17.6 Å². The lowest BCUT2D eigenvalue weighted by Crippen LogP contribution is -2.18. The molecule has 0 saturated carbocycles. The third-order valence-corrected chi connectivity index (χ3v) is 8.21. The fourth-order valence-corrected chi connectivity index (χ4v) is 6.44. The molecule has 1 amide bonds. The van der Waals surface area contributed by atoms with Gasteiger partial charge in [0.15, 0.2) is 5.16 Å². The zero-order chi connectivity index (χ0) is 24.9. The van der Waals surface area contributed by atoms with Gasteiger partial charge in [0.1, 0.15) is 10.8 Å². The van der Waals surface area contributed by atoms with Gasteiger partial charge in [0.25, 0.3) is 0 Å². The van der Waals surface area contributed by atoms with Crippen LogP contribution in [0.15, 0.2) is 36.1 Å². The van der Waals surface area contributed by atoms with Crippen molar-refractivity contribution < 1.29 is 14.3 Å². The van der Waals surface area contributed by atoms with Crippen LogP contribution in [-0.4, -0.2) is 43.6 Å². The highest BCUT2D eigenvalue weighted by Crippen LogP contribution is 2.40. The number of hydrogen-bond acceptors (Lipinski definition) is 7. The number of aromatic nitrogens is 4. The van der Waals surface area contributed by atoms with Gasteiger partial charge in [-0.3, -0.25) is 4.79 Å². The Morgan fingerprint density at radius 2 is 2.23 bits per heavy atom. The second kappa shape index (κ2) is 11.3. The molecule has 1 aliphatic carbocycles. The molecule has 3 aromatic heterocycles. The Bertz CT molecular complexity index is 1230. The van der Waals surface area contributed by atoms with E-state index in [1.54, 1.807) is 13.0 Å². The smallest absolute Gasteiger partial charge is 0.341 e. The summed E-state index contributed by atoms with van der Waals surface area (Å²) in [7, 11) is 2.00. The number of thioether (sulfide) groups is 1. The lowest BCUT2D eigenvalue weighted by Gasteiger charge is -2.18. The second-order valence-corrected chi connectivity index (χ2v) is 10.7. The summed E-state index contributed by atoms with van der Waals surface area (Å²) in [6.07, 6.45) is 7.22. The number of fused-ring (bicyclic) bond motifs is 1. The van der Waals surface area contributed by atoms with Gasteiger partial charge in [-0.25, -0.2) is 4.79 Å². The molecule has 8 nitrogen and oxygen atoms in total. The van der Waals surface area contributed by atoms with E-state index in [2.05, 4.69) is 39.7 Å². The molecule has 3 aromatic rings. The summed E-state index contributed by atoms with van der Waals surface area (Å²) in [6, 6.07) is 4.05. The SMILES string of the molecule is C=CCn1c(Cc2cccn2C)nnc1SCC(=O)Nc1sc2c(c1C(=O)OCC)CCC(C)C2. The largest absolute Gasteiger partial charge is 0.462 e. The van der Waals surface area contributed by atoms with E-state index in [1.807, 2.05) is 23.9 Å². The number of amides is 1. The summed E-state index contributed by atoms with van der Waals surface area (Å²) in [4.78, 5) is 26.8. The van der Waals surface area contributed by atoms with Gasteiger partial charge in [-0.05, 0) is 49.8 Å². The van der Waals surface area contributed by atoms with E-state index >= 15 is 0 Å². The molecule has 1 aliphatic rings. The number of aryl methyl sites for hydroxylation is 1. The molecule has 0 radical (unpaired) electrons. The van der Waals surface area contributed by atoms with Crippen molar-refractivity contribution in [1.29, 1.82) is 0 Å². The molecule has 35 heavy (non-hydrogen) atoms. The Balaban J connectivity index is 1.47. The minimum absolute atomic E-state index is 0.153. The van der Waals surface area contributed by atoms with Gasteiger partial charge in [0, 0.05) is 36.8 Å². The fourth-order valence-electron chi connectivity index (χ4n) is 4.26. The van der Waals surface area contributed by atoms with Gasteiger partial charge in [0.05, 0.1) is 17.9 Å². The predicted molar refractivity (Wildman–Crippen MR) is 139 cm³/mol. The quantitative estimate of drug-likeness (QED) is 0.244. The van der Waals surface area contributed by atoms with Gasteiger partial charge in [-0.1, -0.05) is 24.8 Å². The Hall–Kier alpha value is -2.85. The average Bonchev–Trinajstić information content (AvgIpc) is 3.50. The van der Waals surface area contributed by atoms with Crippen LogP contribution < -0.4 is 5.32 Å². The minimum Gasteiger partial charge on any atom is -0.462 e. The number of anilines is 1. The maximum Gasteiger partial charge on any atom is 0.341 e. The Kier molecular flexibility index (Phi) is 8.12. The van der Waals surface area contributed by atoms with Crippen molar-refractivity contribution in [1.82, 2.24) is 19.3 Å². The molecule has 0 spiro atoms. The number of allylic oxidation sites excluding steroid dienone is 1. The molecule has 0 bridgehead atoms. The average molecular weight is 514 g/mol. The molecule has 0 fully saturated rings. The van der Waals surface area contributed by atoms with E-state index in [0.29, 0.717) is 41.2 Å². The van der Waals surface area contributed by atoms with Gasteiger partial charge >= 0.3 is 5.97 Å². The third-order valence-electron chi connectivity index (χ3n) is 6.07. The van der Waals surface area contributed by atoms with E-state index in [9.17, 15) is 9.59 Å². The molecule has 1 unspecified atom stereocenters. The third kappa shape index (κ3) is 5.70. The van der Waals surface area contributed by atoms with Crippen LogP contribution in [0.1, 0.15) is 52.6 Å². The zero-order valence-electron chi connectivity index (χ0n) is 20.4. The molecule has 186 valence electrons. The van der Waals surface area contributed by atoms with Crippen molar-refractivity contribution in [3.05, 3.63) is 58.5 Å². The first-order valence-electron chi connectivity index (χ1n) is 11.8. The van der Waals surface area contributed by atoms with Gasteiger partial charge in [-0.15, -0.1) is 28.1 Å². The molecule has 3 heterocycles. The molecule has 0 aliphatic heterocycles. The Morgan fingerprint density at radius 1 is 1.40 bits per heavy atom. The number of hydrogen-bond donors (Lipinski definition) is 1. The maximum atomic E-state index is 12.9. The summed E-state index contributed by atoms with van der Waals surface area (Å²) in [6.45, 7) is 8.71. The number of nitrogens with zero attached hydrogens (tertiary/aromatic N) is 4. The highest BCUT2D eigenvalue weighted by molar-refractivity contribution is 7.99. The summed E-state index contributed by atoms with van der Waals surface area (Å²) in [5, 5.41) is 12.9. The number of thiophene rings is 1. The van der Waals surface area contributed by atoms with Crippen LogP contribution >= 0.6 is 23.1 Å². The monoisotopic (exact) mass is 513 g/mol. The van der Waals surface area contributed by atoms with Crippen LogP contribution in [-0.2, 0) is 42.4 Å². The van der Waals surface area contributed by atoms with Crippen molar-refractivity contribution in [3.63, 3.8) is 0 Å².